The highest BCUT2D eigenvalue weighted by molar-refractivity contribution is 7.99. The summed E-state index contributed by atoms with van der Waals surface area (Å²) in [6, 6.07) is 15.0. The number of ketones is 1. The van der Waals surface area contributed by atoms with Crippen molar-refractivity contribution in [3.63, 3.8) is 0 Å². The maximum absolute atomic E-state index is 12.1. The quantitative estimate of drug-likeness (QED) is 0.615. The van der Waals surface area contributed by atoms with E-state index in [2.05, 4.69) is 10.3 Å². The largest absolute Gasteiger partial charge is 0.329 e. The van der Waals surface area contributed by atoms with Gasteiger partial charge in [0.1, 0.15) is 0 Å². The molecule has 0 bridgehead atoms. The van der Waals surface area contributed by atoms with Crippen LogP contribution >= 0.6 is 11.8 Å². The predicted octanol–water partition coefficient (Wildman–Crippen LogP) is 4.48. The first-order valence-corrected chi connectivity index (χ1v) is 9.48. The van der Waals surface area contributed by atoms with E-state index in [0.717, 1.165) is 15.6 Å². The van der Waals surface area contributed by atoms with Gasteiger partial charge in [-0.15, -0.1) is 0 Å². The molecule has 1 amide bonds. The van der Waals surface area contributed by atoms with Gasteiger partial charge in [-0.05, 0) is 31.2 Å². The van der Waals surface area contributed by atoms with E-state index in [-0.39, 0.29) is 24.5 Å². The molecule has 0 unspecified atom stereocenters. The van der Waals surface area contributed by atoms with Crippen molar-refractivity contribution in [2.24, 2.45) is 7.05 Å². The zero-order chi connectivity index (χ0) is 19.2. The second-order valence-corrected chi connectivity index (χ2v) is 7.33. The molecule has 0 spiro atoms. The molecule has 0 aliphatic rings. The van der Waals surface area contributed by atoms with Gasteiger partial charge in [0.05, 0.1) is 0 Å². The summed E-state index contributed by atoms with van der Waals surface area (Å²) < 4.78 is 1.95. The Kier molecular flexibility index (Phi) is 6.08. The Labute approximate surface area is 162 Å². The van der Waals surface area contributed by atoms with Gasteiger partial charge >= 0.3 is 0 Å². The molecule has 0 radical (unpaired) electrons. The number of aromatic nitrogens is 2. The number of nitrogens with zero attached hydrogens (tertiary/aromatic N) is 2. The van der Waals surface area contributed by atoms with Crippen molar-refractivity contribution in [3.05, 3.63) is 72.1 Å². The Morgan fingerprint density at radius 3 is 2.37 bits per heavy atom. The fourth-order valence-electron chi connectivity index (χ4n) is 2.50. The van der Waals surface area contributed by atoms with Gasteiger partial charge in [-0.1, -0.05) is 41.6 Å². The van der Waals surface area contributed by atoms with E-state index in [9.17, 15) is 9.59 Å². The molecule has 0 fully saturated rings. The Morgan fingerprint density at radius 2 is 1.74 bits per heavy atom. The van der Waals surface area contributed by atoms with Crippen molar-refractivity contribution in [1.29, 1.82) is 0 Å². The first-order chi connectivity index (χ1) is 13.0. The molecule has 0 aliphatic carbocycles. The summed E-state index contributed by atoms with van der Waals surface area (Å²) in [6.07, 6.45) is 4.02. The van der Waals surface area contributed by atoms with Crippen LogP contribution in [0.2, 0.25) is 0 Å². The van der Waals surface area contributed by atoms with E-state index in [1.165, 1.54) is 0 Å². The molecular weight excluding hydrogens is 358 g/mol. The number of carbonyl (C=O) groups excluding carboxylic acids is 2. The molecule has 0 atom stereocenters. The van der Waals surface area contributed by atoms with Crippen LogP contribution in [0.4, 0.5) is 5.69 Å². The lowest BCUT2D eigenvalue weighted by Crippen LogP contribution is -2.13. The molecule has 1 aromatic heterocycles. The van der Waals surface area contributed by atoms with Crippen molar-refractivity contribution in [2.75, 3.05) is 5.32 Å². The zero-order valence-electron chi connectivity index (χ0n) is 15.3. The van der Waals surface area contributed by atoms with Crippen LogP contribution in [0.25, 0.3) is 0 Å². The number of hydrogen-bond acceptors (Lipinski definition) is 4. The molecule has 3 rings (SSSR count). The third kappa shape index (κ3) is 5.31. The standard InChI is InChI=1S/C21H21N3O2S/c1-15-3-5-16(6-4-15)19(25)11-12-20(26)23-17-7-9-18(10-8-17)27-21-22-13-14-24(21)2/h3-10,13-14H,11-12H2,1-2H3,(H,23,26). The number of carbonyl (C=O) groups is 2. The first kappa shape index (κ1) is 18.9. The molecule has 2 aromatic carbocycles. The predicted molar refractivity (Wildman–Crippen MR) is 107 cm³/mol. The summed E-state index contributed by atoms with van der Waals surface area (Å²) in [6.45, 7) is 1.97. The third-order valence-electron chi connectivity index (χ3n) is 4.08. The van der Waals surface area contributed by atoms with Gasteiger partial charge in [0.25, 0.3) is 0 Å². The molecule has 1 N–H and O–H groups in total. The first-order valence-electron chi connectivity index (χ1n) is 8.66. The summed E-state index contributed by atoms with van der Waals surface area (Å²) in [7, 11) is 1.95. The number of nitrogens with one attached hydrogen (secondary N) is 1. The van der Waals surface area contributed by atoms with Gasteiger partial charge in [0.15, 0.2) is 10.9 Å². The van der Waals surface area contributed by atoms with E-state index >= 15 is 0 Å². The molecular formula is C21H21N3O2S. The molecule has 27 heavy (non-hydrogen) atoms. The SMILES string of the molecule is Cc1ccc(C(=O)CCC(=O)Nc2ccc(Sc3nccn3C)cc2)cc1. The van der Waals surface area contributed by atoms with E-state index in [1.807, 2.05) is 61.1 Å². The van der Waals surface area contributed by atoms with Crippen LogP contribution in [0, 0.1) is 6.92 Å². The second-order valence-electron chi connectivity index (χ2n) is 6.28. The highest BCUT2D eigenvalue weighted by Crippen LogP contribution is 2.26. The average molecular weight is 379 g/mol. The molecule has 6 heteroatoms. The Balaban J connectivity index is 1.49. The van der Waals surface area contributed by atoms with Gasteiger partial charge in [0.2, 0.25) is 5.91 Å². The van der Waals surface area contributed by atoms with Crippen LogP contribution in [-0.4, -0.2) is 21.2 Å². The lowest BCUT2D eigenvalue weighted by molar-refractivity contribution is -0.116. The van der Waals surface area contributed by atoms with Gasteiger partial charge in [-0.3, -0.25) is 9.59 Å². The number of benzene rings is 2. The Morgan fingerprint density at radius 1 is 1.04 bits per heavy atom. The number of anilines is 1. The highest BCUT2D eigenvalue weighted by atomic mass is 32.2. The summed E-state index contributed by atoms with van der Waals surface area (Å²) in [5.74, 6) is -0.188. The van der Waals surface area contributed by atoms with Crippen molar-refractivity contribution in [1.82, 2.24) is 9.55 Å². The van der Waals surface area contributed by atoms with Gasteiger partial charge in [-0.2, -0.15) is 0 Å². The molecule has 5 nitrogen and oxygen atoms in total. The van der Waals surface area contributed by atoms with Crippen LogP contribution in [0.15, 0.2) is 71.0 Å². The molecule has 0 aliphatic heterocycles. The van der Waals surface area contributed by atoms with Crippen LogP contribution in [0.3, 0.4) is 0 Å². The van der Waals surface area contributed by atoms with E-state index in [4.69, 9.17) is 0 Å². The maximum atomic E-state index is 12.1. The molecule has 0 saturated carbocycles. The fraction of sp³-hybridized carbons (Fsp3) is 0.190. The van der Waals surface area contributed by atoms with Crippen molar-refractivity contribution < 1.29 is 9.59 Å². The van der Waals surface area contributed by atoms with E-state index in [0.29, 0.717) is 11.3 Å². The number of aryl methyl sites for hydroxylation is 2. The van der Waals surface area contributed by atoms with Crippen molar-refractivity contribution >= 4 is 29.1 Å². The van der Waals surface area contributed by atoms with Crippen LogP contribution < -0.4 is 5.32 Å². The van der Waals surface area contributed by atoms with Crippen molar-refractivity contribution in [2.45, 2.75) is 29.8 Å². The summed E-state index contributed by atoms with van der Waals surface area (Å²) in [5, 5.41) is 3.74. The average Bonchev–Trinajstić information content (AvgIpc) is 3.06. The smallest absolute Gasteiger partial charge is 0.224 e. The maximum Gasteiger partial charge on any atom is 0.224 e. The summed E-state index contributed by atoms with van der Waals surface area (Å²) in [5.41, 5.74) is 2.46. The van der Waals surface area contributed by atoms with E-state index < -0.39 is 0 Å². The molecule has 138 valence electrons. The number of rotatable bonds is 7. The third-order valence-corrected chi connectivity index (χ3v) is 5.16. The topological polar surface area (TPSA) is 64.0 Å². The minimum absolute atomic E-state index is 0.0213. The van der Waals surface area contributed by atoms with Crippen molar-refractivity contribution in [3.8, 4) is 0 Å². The molecule has 0 saturated heterocycles. The van der Waals surface area contributed by atoms with Crippen LogP contribution in [-0.2, 0) is 11.8 Å². The van der Waals surface area contributed by atoms with Crippen LogP contribution in [0.5, 0.6) is 0 Å². The fourth-order valence-corrected chi connectivity index (χ4v) is 3.30. The zero-order valence-corrected chi connectivity index (χ0v) is 16.1. The van der Waals surface area contributed by atoms with Crippen LogP contribution in [0.1, 0.15) is 28.8 Å². The van der Waals surface area contributed by atoms with E-state index in [1.54, 1.807) is 30.1 Å². The second kappa shape index (κ2) is 8.68. The minimum Gasteiger partial charge on any atom is -0.329 e. The number of imidazole rings is 1. The number of Topliss-reactive ketones (excluding diaryl/α,β-unsaturated/α-hetero) is 1. The lowest BCUT2D eigenvalue weighted by atomic mass is 10.0. The number of hydrogen-bond donors (Lipinski definition) is 1. The number of amides is 1. The molecule has 3 aromatic rings. The monoisotopic (exact) mass is 379 g/mol. The van der Waals surface area contributed by atoms with Gasteiger partial charge < -0.3 is 9.88 Å². The van der Waals surface area contributed by atoms with Gasteiger partial charge in [-0.25, -0.2) is 4.98 Å². The highest BCUT2D eigenvalue weighted by Gasteiger charge is 2.10. The Bertz CT molecular complexity index is 931. The van der Waals surface area contributed by atoms with Gasteiger partial charge in [0, 0.05) is 48.4 Å². The minimum atomic E-state index is -0.167. The lowest BCUT2D eigenvalue weighted by Gasteiger charge is -2.07. The summed E-state index contributed by atoms with van der Waals surface area (Å²) >= 11 is 1.56. The Hall–Kier alpha value is -2.86. The molecule has 1 heterocycles. The summed E-state index contributed by atoms with van der Waals surface area (Å²) in [4.78, 5) is 29.6. The normalized spacial score (nSPS) is 10.6.